The van der Waals surface area contributed by atoms with Crippen LogP contribution in [0.5, 0.6) is 0 Å². The number of rotatable bonds is 8. The van der Waals surface area contributed by atoms with E-state index in [0.717, 1.165) is 11.1 Å². The highest BCUT2D eigenvalue weighted by molar-refractivity contribution is 7.10. The summed E-state index contributed by atoms with van der Waals surface area (Å²) in [4.78, 5) is 37.4. The maximum atomic E-state index is 13.9. The number of aromatic nitrogens is 2. The lowest BCUT2D eigenvalue weighted by atomic mass is 9.97. The number of hydrogen-bond acceptors (Lipinski definition) is 6. The molecule has 0 saturated heterocycles. The summed E-state index contributed by atoms with van der Waals surface area (Å²) in [6.45, 7) is 0.334. The summed E-state index contributed by atoms with van der Waals surface area (Å²) < 4.78 is 5.39. The van der Waals surface area contributed by atoms with Gasteiger partial charge in [0.25, 0.3) is 5.91 Å². The number of amides is 2. The van der Waals surface area contributed by atoms with Crippen molar-refractivity contribution in [3.8, 4) is 23.7 Å². The van der Waals surface area contributed by atoms with Crippen LogP contribution in [0.15, 0.2) is 101 Å². The number of nitrogens with one attached hydrogen (secondary N) is 1. The Labute approximate surface area is 218 Å². The standard InChI is InChI=1S/C29H22N4O3S/c1-2-26-32-24(18-37-26)29(35)33(23-14-12-21(13-15-23)25-17-30-19-36-25)27(22-10-6-7-11-22)28(34)31-16-20-8-4-3-5-9-20/h1,3-15,17-19,22,27H,16H2,(H,31,34). The van der Waals surface area contributed by atoms with Crippen molar-refractivity contribution in [2.24, 2.45) is 5.92 Å². The molecule has 8 heteroatoms. The molecule has 1 unspecified atom stereocenters. The Balaban J connectivity index is 1.53. The van der Waals surface area contributed by atoms with Gasteiger partial charge in [-0.1, -0.05) is 54.6 Å². The summed E-state index contributed by atoms with van der Waals surface area (Å²) in [5.74, 6) is 2.03. The van der Waals surface area contributed by atoms with E-state index in [9.17, 15) is 9.59 Å². The largest absolute Gasteiger partial charge is 0.444 e. The number of thiazole rings is 1. The molecule has 37 heavy (non-hydrogen) atoms. The number of nitrogens with zero attached hydrogens (tertiary/aromatic N) is 3. The van der Waals surface area contributed by atoms with Crippen molar-refractivity contribution in [1.29, 1.82) is 0 Å². The van der Waals surface area contributed by atoms with Gasteiger partial charge in [0, 0.05) is 29.1 Å². The van der Waals surface area contributed by atoms with E-state index < -0.39 is 11.9 Å². The van der Waals surface area contributed by atoms with Gasteiger partial charge >= 0.3 is 0 Å². The number of allylic oxidation sites excluding steroid dienone is 2. The maximum Gasteiger partial charge on any atom is 0.278 e. The van der Waals surface area contributed by atoms with Crippen molar-refractivity contribution in [3.05, 3.63) is 113 Å². The van der Waals surface area contributed by atoms with E-state index in [2.05, 4.69) is 21.2 Å². The van der Waals surface area contributed by atoms with Gasteiger partial charge < -0.3 is 9.73 Å². The fourth-order valence-electron chi connectivity index (χ4n) is 4.12. The highest BCUT2D eigenvalue weighted by atomic mass is 32.1. The molecule has 0 fully saturated rings. The Kier molecular flexibility index (Phi) is 7.06. The van der Waals surface area contributed by atoms with Crippen LogP contribution in [-0.2, 0) is 11.3 Å². The number of hydrogen-bond donors (Lipinski definition) is 1. The predicted molar refractivity (Wildman–Crippen MR) is 143 cm³/mol. The highest BCUT2D eigenvalue weighted by Gasteiger charge is 2.37. The van der Waals surface area contributed by atoms with Gasteiger partial charge in [0.05, 0.1) is 6.20 Å². The number of carbonyl (C=O) groups excluding carboxylic acids is 2. The Hall–Kier alpha value is -4.74. The predicted octanol–water partition coefficient (Wildman–Crippen LogP) is 4.85. The molecule has 1 aliphatic rings. The third-order valence-corrected chi connectivity index (χ3v) is 6.70. The van der Waals surface area contributed by atoms with Gasteiger partial charge in [-0.25, -0.2) is 9.97 Å². The van der Waals surface area contributed by atoms with E-state index in [4.69, 9.17) is 10.8 Å². The fraction of sp³-hybridized carbons (Fsp3) is 0.103. The summed E-state index contributed by atoms with van der Waals surface area (Å²) in [7, 11) is 0. The Morgan fingerprint density at radius 1 is 1.11 bits per heavy atom. The molecule has 5 rings (SSSR count). The third-order valence-electron chi connectivity index (χ3n) is 5.93. The molecule has 0 aliphatic heterocycles. The molecule has 2 aromatic heterocycles. The summed E-state index contributed by atoms with van der Waals surface area (Å²) in [5, 5.41) is 5.02. The first-order valence-corrected chi connectivity index (χ1v) is 12.4. The lowest BCUT2D eigenvalue weighted by molar-refractivity contribution is -0.123. The average Bonchev–Trinajstić information content (AvgIpc) is 3.74. The third kappa shape index (κ3) is 5.27. The molecule has 4 aromatic rings. The molecule has 7 nitrogen and oxygen atoms in total. The zero-order valence-corrected chi connectivity index (χ0v) is 20.5. The summed E-state index contributed by atoms with van der Waals surface area (Å²) >= 11 is 1.21. The molecular weight excluding hydrogens is 484 g/mol. The maximum absolute atomic E-state index is 13.9. The Bertz CT molecular complexity index is 1470. The molecule has 0 saturated carbocycles. The molecule has 2 heterocycles. The van der Waals surface area contributed by atoms with Crippen LogP contribution in [0.3, 0.4) is 0 Å². The molecule has 2 aromatic carbocycles. The van der Waals surface area contributed by atoms with Crippen LogP contribution < -0.4 is 10.2 Å². The molecule has 0 bridgehead atoms. The second kappa shape index (κ2) is 10.9. The highest BCUT2D eigenvalue weighted by Crippen LogP contribution is 2.30. The van der Waals surface area contributed by atoms with Gasteiger partial charge in [-0.3, -0.25) is 14.5 Å². The second-order valence-corrected chi connectivity index (χ2v) is 9.12. The summed E-state index contributed by atoms with van der Waals surface area (Å²) in [5.41, 5.74) is 2.48. The van der Waals surface area contributed by atoms with Crippen molar-refractivity contribution >= 4 is 28.8 Å². The van der Waals surface area contributed by atoms with Crippen molar-refractivity contribution in [2.75, 3.05) is 4.90 Å². The number of benzene rings is 2. The van der Waals surface area contributed by atoms with Gasteiger partial charge in [-0.05, 0) is 35.7 Å². The monoisotopic (exact) mass is 506 g/mol. The summed E-state index contributed by atoms with van der Waals surface area (Å²) in [6.07, 6.45) is 16.0. The van der Waals surface area contributed by atoms with Crippen molar-refractivity contribution < 1.29 is 14.0 Å². The van der Waals surface area contributed by atoms with E-state index in [1.807, 2.05) is 66.8 Å². The first-order chi connectivity index (χ1) is 18.1. The van der Waals surface area contributed by atoms with Crippen molar-refractivity contribution in [2.45, 2.75) is 12.6 Å². The smallest absolute Gasteiger partial charge is 0.278 e. The average molecular weight is 507 g/mol. The van der Waals surface area contributed by atoms with E-state index >= 15 is 0 Å². The van der Waals surface area contributed by atoms with Gasteiger partial charge in [-0.15, -0.1) is 17.8 Å². The minimum atomic E-state index is -0.863. The Morgan fingerprint density at radius 3 is 2.51 bits per heavy atom. The van der Waals surface area contributed by atoms with E-state index in [0.29, 0.717) is 23.0 Å². The van der Waals surface area contributed by atoms with E-state index in [1.54, 1.807) is 23.7 Å². The summed E-state index contributed by atoms with van der Waals surface area (Å²) in [6, 6.07) is 16.0. The SMILES string of the molecule is C#Cc1nc(C(=O)N(c2ccc(-c3cnco3)cc2)C(C(=O)NCc2ccccc2)C2C=CC=C2)cs1. The normalized spacial score (nSPS) is 13.3. The number of carbonyl (C=O) groups is 2. The number of oxazole rings is 1. The number of terminal acetylenes is 1. The van der Waals surface area contributed by atoms with E-state index in [1.165, 1.54) is 22.6 Å². The first-order valence-electron chi connectivity index (χ1n) is 11.6. The van der Waals surface area contributed by atoms with Gasteiger partial charge in [0.2, 0.25) is 5.91 Å². The second-order valence-electron chi connectivity index (χ2n) is 8.27. The van der Waals surface area contributed by atoms with Crippen LogP contribution in [0.4, 0.5) is 5.69 Å². The lowest BCUT2D eigenvalue weighted by Crippen LogP contribution is -2.53. The zero-order chi connectivity index (χ0) is 25.6. The molecular formula is C29H22N4O3S. The van der Waals surface area contributed by atoms with Crippen molar-refractivity contribution in [1.82, 2.24) is 15.3 Å². The fourth-order valence-corrected chi connectivity index (χ4v) is 4.72. The van der Waals surface area contributed by atoms with Gasteiger partial charge in [0.15, 0.2) is 17.2 Å². The lowest BCUT2D eigenvalue weighted by Gasteiger charge is -2.33. The number of anilines is 1. The van der Waals surface area contributed by atoms with Crippen LogP contribution in [0.1, 0.15) is 21.1 Å². The minimum Gasteiger partial charge on any atom is -0.444 e. The molecule has 1 atom stereocenters. The Morgan fingerprint density at radius 2 is 1.86 bits per heavy atom. The minimum absolute atomic E-state index is 0.184. The quantitative estimate of drug-likeness (QED) is 0.345. The van der Waals surface area contributed by atoms with Crippen LogP contribution in [0, 0.1) is 18.3 Å². The van der Waals surface area contributed by atoms with Crippen LogP contribution in [0.25, 0.3) is 11.3 Å². The molecule has 1 aliphatic carbocycles. The van der Waals surface area contributed by atoms with Crippen molar-refractivity contribution in [3.63, 3.8) is 0 Å². The molecule has 0 spiro atoms. The zero-order valence-electron chi connectivity index (χ0n) is 19.7. The molecule has 2 amide bonds. The molecule has 0 radical (unpaired) electrons. The molecule has 1 N–H and O–H groups in total. The van der Waals surface area contributed by atoms with Gasteiger partial charge in [-0.2, -0.15) is 0 Å². The van der Waals surface area contributed by atoms with Crippen LogP contribution in [-0.4, -0.2) is 27.8 Å². The van der Waals surface area contributed by atoms with Gasteiger partial charge in [0.1, 0.15) is 11.7 Å². The first kappa shape index (κ1) is 24.0. The van der Waals surface area contributed by atoms with Crippen LogP contribution >= 0.6 is 11.3 Å². The van der Waals surface area contributed by atoms with E-state index in [-0.39, 0.29) is 17.5 Å². The van der Waals surface area contributed by atoms with Crippen LogP contribution in [0.2, 0.25) is 0 Å². The molecule has 182 valence electrons. The topological polar surface area (TPSA) is 88.3 Å².